The second-order valence-electron chi connectivity index (χ2n) is 5.41. The van der Waals surface area contributed by atoms with Gasteiger partial charge in [-0.2, -0.15) is 5.10 Å². The quantitative estimate of drug-likeness (QED) is 0.891. The van der Waals surface area contributed by atoms with Crippen LogP contribution in [0.15, 0.2) is 0 Å². The Balaban J connectivity index is 1.99. The van der Waals surface area contributed by atoms with E-state index in [1.807, 2.05) is 11.6 Å². The van der Waals surface area contributed by atoms with Gasteiger partial charge in [-0.05, 0) is 26.2 Å². The number of hydrogen-bond donors (Lipinski definition) is 1. The Kier molecular flexibility index (Phi) is 4.68. The molecule has 1 unspecified atom stereocenters. The summed E-state index contributed by atoms with van der Waals surface area (Å²) in [5.74, 6) is 0.706. The molecular formula is C14H23ClN2O. The van der Waals surface area contributed by atoms with Gasteiger partial charge >= 0.3 is 0 Å². The SMILES string of the molecule is CCn1nc(C)c(Cl)c1CC(O)CC1CCCC1. The van der Waals surface area contributed by atoms with Crippen molar-refractivity contribution in [3.8, 4) is 0 Å². The number of halogens is 1. The molecule has 3 nitrogen and oxygen atoms in total. The molecule has 0 bridgehead atoms. The predicted molar refractivity (Wildman–Crippen MR) is 73.9 cm³/mol. The summed E-state index contributed by atoms with van der Waals surface area (Å²) >= 11 is 6.26. The fourth-order valence-electron chi connectivity index (χ4n) is 3.00. The summed E-state index contributed by atoms with van der Waals surface area (Å²) in [5, 5.41) is 15.3. The summed E-state index contributed by atoms with van der Waals surface area (Å²) in [6, 6.07) is 0. The van der Waals surface area contributed by atoms with E-state index in [1.165, 1.54) is 25.7 Å². The molecule has 0 aromatic carbocycles. The Hall–Kier alpha value is -0.540. The molecule has 1 aromatic heterocycles. The van der Waals surface area contributed by atoms with E-state index in [-0.39, 0.29) is 6.10 Å². The molecule has 1 aliphatic rings. The van der Waals surface area contributed by atoms with Gasteiger partial charge in [-0.25, -0.2) is 0 Å². The molecule has 4 heteroatoms. The third-order valence-corrected chi connectivity index (χ3v) is 4.45. The molecule has 1 saturated carbocycles. The number of rotatable bonds is 5. The van der Waals surface area contributed by atoms with Crippen LogP contribution in [0.4, 0.5) is 0 Å². The molecule has 1 heterocycles. The van der Waals surface area contributed by atoms with Gasteiger partial charge in [0.25, 0.3) is 0 Å². The summed E-state index contributed by atoms with van der Waals surface area (Å²) in [5.41, 5.74) is 1.85. The zero-order chi connectivity index (χ0) is 13.1. The van der Waals surface area contributed by atoms with E-state index in [2.05, 4.69) is 12.0 Å². The van der Waals surface area contributed by atoms with Gasteiger partial charge < -0.3 is 5.11 Å². The highest BCUT2D eigenvalue weighted by molar-refractivity contribution is 6.31. The van der Waals surface area contributed by atoms with Crippen LogP contribution >= 0.6 is 11.6 Å². The molecular weight excluding hydrogens is 248 g/mol. The van der Waals surface area contributed by atoms with Crippen molar-refractivity contribution in [1.29, 1.82) is 0 Å². The first-order chi connectivity index (χ1) is 8.61. The van der Waals surface area contributed by atoms with Gasteiger partial charge in [-0.3, -0.25) is 4.68 Å². The van der Waals surface area contributed by atoms with E-state index in [4.69, 9.17) is 11.6 Å². The number of nitrogens with zero attached hydrogens (tertiary/aromatic N) is 2. The Bertz CT molecular complexity index is 397. The van der Waals surface area contributed by atoms with Gasteiger partial charge in [0.1, 0.15) is 0 Å². The van der Waals surface area contributed by atoms with Crippen LogP contribution in [-0.2, 0) is 13.0 Å². The number of aliphatic hydroxyl groups excluding tert-OH is 1. The van der Waals surface area contributed by atoms with Crippen LogP contribution in [0.3, 0.4) is 0 Å². The normalized spacial score (nSPS) is 18.4. The fourth-order valence-corrected chi connectivity index (χ4v) is 3.21. The highest BCUT2D eigenvalue weighted by Crippen LogP contribution is 2.30. The van der Waals surface area contributed by atoms with Gasteiger partial charge in [0.15, 0.2) is 0 Å². The molecule has 18 heavy (non-hydrogen) atoms. The van der Waals surface area contributed by atoms with E-state index in [0.29, 0.717) is 12.3 Å². The van der Waals surface area contributed by atoms with Crippen LogP contribution in [0.2, 0.25) is 5.02 Å². The lowest BCUT2D eigenvalue weighted by Crippen LogP contribution is -2.17. The van der Waals surface area contributed by atoms with Crippen LogP contribution in [0, 0.1) is 12.8 Å². The molecule has 1 atom stereocenters. The van der Waals surface area contributed by atoms with Crippen molar-refractivity contribution in [2.24, 2.45) is 5.92 Å². The summed E-state index contributed by atoms with van der Waals surface area (Å²) in [7, 11) is 0. The maximum Gasteiger partial charge on any atom is 0.0848 e. The fraction of sp³-hybridized carbons (Fsp3) is 0.786. The van der Waals surface area contributed by atoms with Gasteiger partial charge in [0.2, 0.25) is 0 Å². The molecule has 0 saturated heterocycles. The molecule has 102 valence electrons. The standard InChI is InChI=1S/C14H23ClN2O/c1-3-17-13(14(15)10(2)16-17)9-12(18)8-11-6-4-5-7-11/h11-12,18H,3-9H2,1-2H3. The third-order valence-electron chi connectivity index (χ3n) is 3.96. The van der Waals surface area contributed by atoms with Crippen molar-refractivity contribution in [1.82, 2.24) is 9.78 Å². The second-order valence-corrected chi connectivity index (χ2v) is 5.78. The Labute approximate surface area is 114 Å². The molecule has 1 N–H and O–H groups in total. The lowest BCUT2D eigenvalue weighted by Gasteiger charge is -2.16. The zero-order valence-electron chi connectivity index (χ0n) is 11.3. The number of hydrogen-bond acceptors (Lipinski definition) is 2. The molecule has 1 aliphatic carbocycles. The van der Waals surface area contributed by atoms with Gasteiger partial charge in [-0.15, -0.1) is 0 Å². The highest BCUT2D eigenvalue weighted by Gasteiger charge is 2.21. The zero-order valence-corrected chi connectivity index (χ0v) is 12.1. The van der Waals surface area contributed by atoms with E-state index < -0.39 is 0 Å². The minimum absolute atomic E-state index is 0.285. The van der Waals surface area contributed by atoms with Crippen LogP contribution in [0.5, 0.6) is 0 Å². The third kappa shape index (κ3) is 3.07. The Morgan fingerprint density at radius 3 is 2.72 bits per heavy atom. The average Bonchev–Trinajstić information content (AvgIpc) is 2.92. The maximum atomic E-state index is 10.2. The van der Waals surface area contributed by atoms with Crippen molar-refractivity contribution in [3.63, 3.8) is 0 Å². The summed E-state index contributed by atoms with van der Waals surface area (Å²) in [6.07, 6.45) is 6.45. The molecule has 1 fully saturated rings. The van der Waals surface area contributed by atoms with Crippen molar-refractivity contribution in [2.75, 3.05) is 0 Å². The monoisotopic (exact) mass is 270 g/mol. The first-order valence-corrected chi connectivity index (χ1v) is 7.39. The van der Waals surface area contributed by atoms with E-state index >= 15 is 0 Å². The van der Waals surface area contributed by atoms with E-state index in [1.54, 1.807) is 0 Å². The van der Waals surface area contributed by atoms with Crippen molar-refractivity contribution >= 4 is 11.6 Å². The van der Waals surface area contributed by atoms with Gasteiger partial charge in [0.05, 0.1) is 22.5 Å². The molecule has 0 spiro atoms. The van der Waals surface area contributed by atoms with Crippen molar-refractivity contribution in [2.45, 2.75) is 65.0 Å². The summed E-state index contributed by atoms with van der Waals surface area (Å²) < 4.78 is 1.91. The number of aromatic nitrogens is 2. The molecule has 0 aliphatic heterocycles. The first kappa shape index (κ1) is 13.9. The minimum atomic E-state index is -0.285. The van der Waals surface area contributed by atoms with Crippen molar-refractivity contribution < 1.29 is 5.11 Å². The van der Waals surface area contributed by atoms with E-state index in [0.717, 1.165) is 29.4 Å². The van der Waals surface area contributed by atoms with Crippen LogP contribution in [0.1, 0.15) is 50.4 Å². The smallest absolute Gasteiger partial charge is 0.0848 e. The number of aliphatic hydroxyl groups is 1. The molecule has 0 amide bonds. The van der Waals surface area contributed by atoms with Gasteiger partial charge in [0, 0.05) is 13.0 Å². The lowest BCUT2D eigenvalue weighted by molar-refractivity contribution is 0.141. The molecule has 1 aromatic rings. The molecule has 2 rings (SSSR count). The second kappa shape index (κ2) is 6.07. The summed E-state index contributed by atoms with van der Waals surface area (Å²) in [6.45, 7) is 4.77. The summed E-state index contributed by atoms with van der Waals surface area (Å²) in [4.78, 5) is 0. The van der Waals surface area contributed by atoms with Crippen LogP contribution in [-0.4, -0.2) is 21.0 Å². The lowest BCUT2D eigenvalue weighted by atomic mass is 9.97. The average molecular weight is 271 g/mol. The Morgan fingerprint density at radius 2 is 2.11 bits per heavy atom. The maximum absolute atomic E-state index is 10.2. The first-order valence-electron chi connectivity index (χ1n) is 7.01. The largest absolute Gasteiger partial charge is 0.393 e. The minimum Gasteiger partial charge on any atom is -0.393 e. The van der Waals surface area contributed by atoms with E-state index in [9.17, 15) is 5.11 Å². The highest BCUT2D eigenvalue weighted by atomic mass is 35.5. The molecule has 0 radical (unpaired) electrons. The predicted octanol–water partition coefficient (Wildman–Crippen LogP) is 3.35. The van der Waals surface area contributed by atoms with Gasteiger partial charge in [-0.1, -0.05) is 37.3 Å². The van der Waals surface area contributed by atoms with Crippen molar-refractivity contribution in [3.05, 3.63) is 16.4 Å². The number of aryl methyl sites for hydroxylation is 2. The van der Waals surface area contributed by atoms with Crippen LogP contribution < -0.4 is 0 Å². The van der Waals surface area contributed by atoms with Crippen LogP contribution in [0.25, 0.3) is 0 Å². The Morgan fingerprint density at radius 1 is 1.44 bits per heavy atom. The topological polar surface area (TPSA) is 38.0 Å².